The van der Waals surface area contributed by atoms with E-state index in [4.69, 9.17) is 5.73 Å². The molecule has 0 saturated carbocycles. The highest BCUT2D eigenvalue weighted by Gasteiger charge is 2.17. The van der Waals surface area contributed by atoms with Gasteiger partial charge in [0.2, 0.25) is 0 Å². The second-order valence-corrected chi connectivity index (χ2v) is 1.99. The molecule has 0 aromatic carbocycles. The van der Waals surface area contributed by atoms with Crippen LogP contribution in [0.5, 0.6) is 0 Å². The van der Waals surface area contributed by atoms with Gasteiger partial charge in [0, 0.05) is 11.9 Å². The predicted octanol–water partition coefficient (Wildman–Crippen LogP) is 1.70. The average molecular weight is 183 g/mol. The normalized spacial score (nSPS) is 12.7. The molecule has 1 heterocycles. The molecule has 1 aromatic rings. The second kappa shape index (κ2) is 4.31. The summed E-state index contributed by atoms with van der Waals surface area (Å²) in [4.78, 5) is 2.61. The Morgan fingerprint density at radius 2 is 2.09 bits per heavy atom. The molecule has 0 fully saturated rings. The number of halogens is 3. The van der Waals surface area contributed by atoms with Gasteiger partial charge in [-0.3, -0.25) is 0 Å². The van der Waals surface area contributed by atoms with E-state index in [9.17, 15) is 8.78 Å². The van der Waals surface area contributed by atoms with Gasteiger partial charge >= 0.3 is 0 Å². The highest BCUT2D eigenvalue weighted by atomic mass is 35.5. The van der Waals surface area contributed by atoms with Gasteiger partial charge in [-0.1, -0.05) is 0 Å². The molecule has 5 heteroatoms. The summed E-state index contributed by atoms with van der Waals surface area (Å²) >= 11 is 0. The maximum absolute atomic E-state index is 11.8. The number of nitrogens with two attached hydrogens (primary N) is 1. The van der Waals surface area contributed by atoms with Crippen LogP contribution in [0.25, 0.3) is 0 Å². The minimum absolute atomic E-state index is 0. The molecule has 0 aliphatic heterocycles. The molecule has 64 valence electrons. The first kappa shape index (κ1) is 10.4. The quantitative estimate of drug-likeness (QED) is 0.718. The summed E-state index contributed by atoms with van der Waals surface area (Å²) < 4.78 is 23.7. The van der Waals surface area contributed by atoms with E-state index in [1.165, 1.54) is 6.07 Å². The maximum Gasteiger partial charge on any atom is 0.259 e. The fourth-order valence-corrected chi connectivity index (χ4v) is 0.687. The number of hydrogen-bond donors (Lipinski definition) is 2. The summed E-state index contributed by atoms with van der Waals surface area (Å²) in [5, 5.41) is 0. The van der Waals surface area contributed by atoms with E-state index in [1.807, 2.05) is 0 Å². The van der Waals surface area contributed by atoms with Crippen LogP contribution < -0.4 is 5.73 Å². The largest absolute Gasteiger partial charge is 0.364 e. The molecule has 0 spiro atoms. The average Bonchev–Trinajstić information content (AvgIpc) is 2.36. The molecule has 0 saturated heterocycles. The summed E-state index contributed by atoms with van der Waals surface area (Å²) in [6.45, 7) is 0. The highest BCUT2D eigenvalue weighted by Crippen LogP contribution is 2.14. The van der Waals surface area contributed by atoms with Crippen LogP contribution in [0, 0.1) is 0 Å². The van der Waals surface area contributed by atoms with Crippen LogP contribution >= 0.6 is 12.4 Å². The maximum atomic E-state index is 11.8. The fourth-order valence-electron chi connectivity index (χ4n) is 0.687. The standard InChI is InChI=1S/C6H8F2N2.ClH/c7-6(8)5(9)4-2-1-3-10-4;/h1-3,5-6,10H,9H2;1H/t5-;/m0./s1. The lowest BCUT2D eigenvalue weighted by atomic mass is 10.2. The van der Waals surface area contributed by atoms with E-state index in [2.05, 4.69) is 4.98 Å². The molecule has 11 heavy (non-hydrogen) atoms. The molecule has 2 nitrogen and oxygen atoms in total. The Morgan fingerprint density at radius 3 is 2.45 bits per heavy atom. The molecular formula is C6H9ClF2N2. The van der Waals surface area contributed by atoms with Crippen molar-refractivity contribution in [1.29, 1.82) is 0 Å². The van der Waals surface area contributed by atoms with Crippen molar-refractivity contribution in [3.63, 3.8) is 0 Å². The summed E-state index contributed by atoms with van der Waals surface area (Å²) in [7, 11) is 0. The molecule has 1 aromatic heterocycles. The Balaban J connectivity index is 0.000001000. The van der Waals surface area contributed by atoms with Crippen molar-refractivity contribution >= 4 is 12.4 Å². The first-order valence-electron chi connectivity index (χ1n) is 2.89. The van der Waals surface area contributed by atoms with E-state index in [1.54, 1.807) is 12.3 Å². The molecule has 0 amide bonds. The van der Waals surface area contributed by atoms with Crippen LogP contribution in [0.3, 0.4) is 0 Å². The van der Waals surface area contributed by atoms with Crippen molar-refractivity contribution in [3.05, 3.63) is 24.0 Å². The van der Waals surface area contributed by atoms with Crippen molar-refractivity contribution < 1.29 is 8.78 Å². The van der Waals surface area contributed by atoms with Crippen molar-refractivity contribution in [1.82, 2.24) is 4.98 Å². The summed E-state index contributed by atoms with van der Waals surface area (Å²) in [6, 6.07) is 1.99. The Labute approximate surface area is 69.2 Å². The Kier molecular flexibility index (Phi) is 4.07. The number of H-pyrrole nitrogens is 1. The first-order chi connectivity index (χ1) is 4.72. The lowest BCUT2D eigenvalue weighted by molar-refractivity contribution is 0.115. The molecule has 0 unspecified atom stereocenters. The van der Waals surface area contributed by atoms with Crippen LogP contribution in [0.1, 0.15) is 11.7 Å². The molecule has 0 bridgehead atoms. The van der Waals surface area contributed by atoms with Crippen LogP contribution in [-0.2, 0) is 0 Å². The Bertz CT molecular complexity index is 188. The van der Waals surface area contributed by atoms with E-state index < -0.39 is 12.5 Å². The summed E-state index contributed by atoms with van der Waals surface area (Å²) in [5.74, 6) is 0. The van der Waals surface area contributed by atoms with Gasteiger partial charge in [-0.15, -0.1) is 12.4 Å². The van der Waals surface area contributed by atoms with Gasteiger partial charge < -0.3 is 10.7 Å². The monoisotopic (exact) mass is 182 g/mol. The van der Waals surface area contributed by atoms with E-state index in [0.717, 1.165) is 0 Å². The number of aromatic amines is 1. The van der Waals surface area contributed by atoms with Gasteiger partial charge in [-0.05, 0) is 12.1 Å². The fraction of sp³-hybridized carbons (Fsp3) is 0.333. The lowest BCUT2D eigenvalue weighted by Gasteiger charge is -2.06. The number of hydrogen-bond acceptors (Lipinski definition) is 1. The third-order valence-electron chi connectivity index (χ3n) is 1.25. The zero-order valence-corrected chi connectivity index (χ0v) is 6.44. The van der Waals surface area contributed by atoms with Crippen LogP contribution in [-0.4, -0.2) is 11.4 Å². The molecule has 1 rings (SSSR count). The summed E-state index contributed by atoms with van der Waals surface area (Å²) in [6.07, 6.45) is -0.934. The number of alkyl halides is 2. The van der Waals surface area contributed by atoms with Gasteiger partial charge in [-0.25, -0.2) is 8.78 Å². The van der Waals surface area contributed by atoms with E-state index >= 15 is 0 Å². The minimum atomic E-state index is -2.50. The van der Waals surface area contributed by atoms with E-state index in [-0.39, 0.29) is 12.4 Å². The molecule has 0 aliphatic carbocycles. The smallest absolute Gasteiger partial charge is 0.259 e. The van der Waals surface area contributed by atoms with Crippen molar-refractivity contribution in [2.75, 3.05) is 0 Å². The third kappa shape index (κ3) is 2.48. The number of rotatable bonds is 2. The summed E-state index contributed by atoms with van der Waals surface area (Å²) in [5.41, 5.74) is 5.47. The molecule has 0 radical (unpaired) electrons. The third-order valence-corrected chi connectivity index (χ3v) is 1.25. The zero-order chi connectivity index (χ0) is 7.56. The molecule has 1 atom stereocenters. The SMILES string of the molecule is Cl.N[C@@H](c1ccc[nH]1)C(F)F. The van der Waals surface area contributed by atoms with Gasteiger partial charge in [-0.2, -0.15) is 0 Å². The van der Waals surface area contributed by atoms with Gasteiger partial charge in [0.25, 0.3) is 6.43 Å². The lowest BCUT2D eigenvalue weighted by Crippen LogP contribution is -2.18. The molecule has 3 N–H and O–H groups in total. The van der Waals surface area contributed by atoms with Crippen LogP contribution in [0.4, 0.5) is 8.78 Å². The highest BCUT2D eigenvalue weighted by molar-refractivity contribution is 5.85. The van der Waals surface area contributed by atoms with Crippen LogP contribution in [0.15, 0.2) is 18.3 Å². The number of aromatic nitrogens is 1. The van der Waals surface area contributed by atoms with Gasteiger partial charge in [0.1, 0.15) is 6.04 Å². The van der Waals surface area contributed by atoms with E-state index in [0.29, 0.717) is 5.69 Å². The molecule has 0 aliphatic rings. The Hall–Kier alpha value is -0.610. The first-order valence-corrected chi connectivity index (χ1v) is 2.89. The van der Waals surface area contributed by atoms with Crippen molar-refractivity contribution in [3.8, 4) is 0 Å². The molecular weight excluding hydrogens is 174 g/mol. The zero-order valence-electron chi connectivity index (χ0n) is 5.63. The van der Waals surface area contributed by atoms with Crippen LogP contribution in [0.2, 0.25) is 0 Å². The predicted molar refractivity (Wildman–Crippen MR) is 41.0 cm³/mol. The van der Waals surface area contributed by atoms with Crippen molar-refractivity contribution in [2.24, 2.45) is 5.73 Å². The topological polar surface area (TPSA) is 41.8 Å². The Morgan fingerprint density at radius 1 is 1.45 bits per heavy atom. The number of nitrogens with one attached hydrogen (secondary N) is 1. The second-order valence-electron chi connectivity index (χ2n) is 1.99. The minimum Gasteiger partial charge on any atom is -0.364 e. The van der Waals surface area contributed by atoms with Gasteiger partial charge in [0.05, 0.1) is 0 Å². The van der Waals surface area contributed by atoms with Crippen molar-refractivity contribution in [2.45, 2.75) is 12.5 Å². The van der Waals surface area contributed by atoms with Gasteiger partial charge in [0.15, 0.2) is 0 Å².